The molecule has 6 heteroatoms. The van der Waals surface area contributed by atoms with Gasteiger partial charge in [0.05, 0.1) is 0 Å². The smallest absolute Gasteiger partial charge is 0.373 e. The summed E-state index contributed by atoms with van der Waals surface area (Å²) in [5.74, 6) is -0.581. The number of benzene rings is 2. The minimum atomic E-state index is -4.58. The van der Waals surface area contributed by atoms with Crippen LogP contribution in [0.2, 0.25) is 0 Å². The van der Waals surface area contributed by atoms with Crippen molar-refractivity contribution in [2.24, 2.45) is 0 Å². The molecule has 1 aliphatic heterocycles. The molecule has 31 heavy (non-hydrogen) atoms. The molecular formula is C25H29F3N2O. The van der Waals surface area contributed by atoms with Crippen LogP contribution in [0, 0.1) is 6.92 Å². The van der Waals surface area contributed by atoms with Gasteiger partial charge in [-0.1, -0.05) is 80.6 Å². The molecule has 1 aliphatic carbocycles. The third kappa shape index (κ3) is 4.17. The van der Waals surface area contributed by atoms with Crippen molar-refractivity contribution in [3.05, 3.63) is 65.2 Å². The van der Waals surface area contributed by atoms with Crippen molar-refractivity contribution in [1.82, 2.24) is 5.32 Å². The predicted octanol–water partition coefficient (Wildman–Crippen LogP) is 6.19. The second-order valence-electron chi connectivity index (χ2n) is 8.89. The first-order valence-corrected chi connectivity index (χ1v) is 11.1. The van der Waals surface area contributed by atoms with Crippen molar-refractivity contribution >= 4 is 11.6 Å². The molecule has 2 N–H and O–H groups in total. The van der Waals surface area contributed by atoms with E-state index < -0.39 is 29.6 Å². The fourth-order valence-electron chi connectivity index (χ4n) is 5.35. The Bertz CT molecular complexity index is 918. The second kappa shape index (κ2) is 8.56. The Morgan fingerprint density at radius 1 is 1.00 bits per heavy atom. The number of anilines is 1. The minimum Gasteiger partial charge on any atom is -0.373 e. The molecule has 1 unspecified atom stereocenters. The van der Waals surface area contributed by atoms with Crippen LogP contribution in [0.15, 0.2) is 48.5 Å². The molecule has 166 valence electrons. The van der Waals surface area contributed by atoms with Crippen LogP contribution in [0.5, 0.6) is 0 Å². The average molecular weight is 431 g/mol. The van der Waals surface area contributed by atoms with Crippen molar-refractivity contribution in [1.29, 1.82) is 0 Å². The monoisotopic (exact) mass is 430 g/mol. The van der Waals surface area contributed by atoms with E-state index in [0.717, 1.165) is 55.3 Å². The lowest BCUT2D eigenvalue weighted by Crippen LogP contribution is -2.52. The summed E-state index contributed by atoms with van der Waals surface area (Å²) in [6.45, 7) is 1.98. The molecule has 2 aliphatic rings. The van der Waals surface area contributed by atoms with E-state index in [-0.39, 0.29) is 5.56 Å². The normalized spacial score (nSPS) is 21.5. The maximum atomic E-state index is 13.9. The van der Waals surface area contributed by atoms with Crippen molar-refractivity contribution in [2.45, 2.75) is 75.5 Å². The molecular weight excluding hydrogens is 401 g/mol. The summed E-state index contributed by atoms with van der Waals surface area (Å²) in [6, 6.07) is 10.9. The number of para-hydroxylation sites is 1. The van der Waals surface area contributed by atoms with E-state index in [1.165, 1.54) is 18.6 Å². The van der Waals surface area contributed by atoms with Crippen LogP contribution >= 0.6 is 0 Å². The van der Waals surface area contributed by atoms with E-state index in [9.17, 15) is 18.0 Å². The summed E-state index contributed by atoms with van der Waals surface area (Å²) in [7, 11) is 0. The van der Waals surface area contributed by atoms with Crippen molar-refractivity contribution < 1.29 is 18.0 Å². The van der Waals surface area contributed by atoms with Crippen molar-refractivity contribution in [3.63, 3.8) is 0 Å². The molecule has 1 spiro atoms. The topological polar surface area (TPSA) is 41.1 Å². The van der Waals surface area contributed by atoms with Gasteiger partial charge in [0, 0.05) is 11.1 Å². The molecule has 1 fully saturated rings. The van der Waals surface area contributed by atoms with Gasteiger partial charge in [-0.3, -0.25) is 4.79 Å². The van der Waals surface area contributed by atoms with Gasteiger partial charge >= 0.3 is 6.18 Å². The molecule has 4 rings (SSSR count). The molecule has 1 heterocycles. The Balaban J connectivity index is 1.69. The van der Waals surface area contributed by atoms with Crippen molar-refractivity contribution in [3.8, 4) is 0 Å². The van der Waals surface area contributed by atoms with E-state index >= 15 is 0 Å². The maximum Gasteiger partial charge on any atom is 0.412 e. The first kappa shape index (κ1) is 21.7. The summed E-state index contributed by atoms with van der Waals surface area (Å²) < 4.78 is 41.7. The number of carbonyl (C=O) groups is 1. The number of hydrogen-bond donors (Lipinski definition) is 2. The minimum absolute atomic E-state index is 0.0433. The van der Waals surface area contributed by atoms with Gasteiger partial charge in [-0.15, -0.1) is 0 Å². The zero-order chi connectivity index (χ0) is 22.1. The molecule has 0 bridgehead atoms. The third-order valence-corrected chi connectivity index (χ3v) is 6.91. The van der Waals surface area contributed by atoms with Crippen LogP contribution in [-0.4, -0.2) is 18.1 Å². The van der Waals surface area contributed by atoms with E-state index in [4.69, 9.17) is 0 Å². The summed E-state index contributed by atoms with van der Waals surface area (Å²) >= 11 is 0. The zero-order valence-electron chi connectivity index (χ0n) is 17.8. The number of alkyl halides is 3. The van der Waals surface area contributed by atoms with Gasteiger partial charge in [0.2, 0.25) is 5.91 Å². The van der Waals surface area contributed by atoms with Gasteiger partial charge in [0.25, 0.3) is 0 Å². The van der Waals surface area contributed by atoms with Crippen LogP contribution in [0.25, 0.3) is 0 Å². The number of hydrogen-bond acceptors (Lipinski definition) is 2. The number of amides is 1. The van der Waals surface area contributed by atoms with Crippen LogP contribution < -0.4 is 10.6 Å². The largest absolute Gasteiger partial charge is 0.412 e. The molecule has 0 radical (unpaired) electrons. The highest BCUT2D eigenvalue weighted by Gasteiger charge is 2.52. The summed E-state index contributed by atoms with van der Waals surface area (Å²) in [4.78, 5) is 13.5. The van der Waals surface area contributed by atoms with Gasteiger partial charge in [0.1, 0.15) is 6.04 Å². The average Bonchev–Trinajstić information content (AvgIpc) is 3.05. The second-order valence-corrected chi connectivity index (χ2v) is 8.89. The van der Waals surface area contributed by atoms with Crippen LogP contribution in [0.4, 0.5) is 18.9 Å². The molecule has 2 aromatic rings. The Morgan fingerprint density at radius 2 is 1.65 bits per heavy atom. The fourth-order valence-corrected chi connectivity index (χ4v) is 5.35. The predicted molar refractivity (Wildman–Crippen MR) is 116 cm³/mol. The van der Waals surface area contributed by atoms with Crippen molar-refractivity contribution in [2.75, 3.05) is 5.32 Å². The molecule has 1 amide bonds. The fraction of sp³-hybridized carbons (Fsp3) is 0.480. The van der Waals surface area contributed by atoms with Crippen LogP contribution in [0.3, 0.4) is 0 Å². The zero-order valence-corrected chi connectivity index (χ0v) is 17.8. The van der Waals surface area contributed by atoms with Gasteiger partial charge in [-0.2, -0.15) is 13.2 Å². The van der Waals surface area contributed by atoms with Gasteiger partial charge < -0.3 is 10.6 Å². The number of aryl methyl sites for hydroxylation is 1. The van der Waals surface area contributed by atoms with E-state index in [0.29, 0.717) is 0 Å². The molecule has 0 saturated heterocycles. The summed E-state index contributed by atoms with van der Waals surface area (Å²) in [6.07, 6.45) is 2.32. The SMILES string of the molecule is Cc1cccc2c1NC(C(=O)N[C@H](c1ccccc1)C(F)(F)F)C21CCCCCCC1. The number of rotatable bonds is 3. The van der Waals surface area contributed by atoms with Crippen LogP contribution in [0.1, 0.15) is 67.7 Å². The Kier molecular flexibility index (Phi) is 6.00. The first-order chi connectivity index (χ1) is 14.8. The maximum absolute atomic E-state index is 13.9. The quantitative estimate of drug-likeness (QED) is 0.610. The molecule has 0 aromatic heterocycles. The Hall–Kier alpha value is -2.50. The lowest BCUT2D eigenvalue weighted by atomic mass is 9.68. The first-order valence-electron chi connectivity index (χ1n) is 11.1. The lowest BCUT2D eigenvalue weighted by molar-refractivity contribution is -0.164. The number of fused-ring (bicyclic) bond motifs is 2. The Labute approximate surface area is 181 Å². The molecule has 3 nitrogen and oxygen atoms in total. The van der Waals surface area contributed by atoms with E-state index in [2.05, 4.69) is 10.6 Å². The van der Waals surface area contributed by atoms with Gasteiger partial charge in [0.15, 0.2) is 6.04 Å². The highest BCUT2D eigenvalue weighted by atomic mass is 19.4. The van der Waals surface area contributed by atoms with Crippen LogP contribution in [-0.2, 0) is 10.2 Å². The highest BCUT2D eigenvalue weighted by molar-refractivity contribution is 5.91. The number of halogens is 3. The van der Waals surface area contributed by atoms with Gasteiger partial charge in [-0.25, -0.2) is 0 Å². The summed E-state index contributed by atoms with van der Waals surface area (Å²) in [5, 5.41) is 5.69. The molecule has 1 saturated carbocycles. The standard InChI is InChI=1S/C25H29F3N2O/c1-17-11-10-14-19-20(17)29-22(24(19)15-8-3-2-4-9-16-24)23(31)30-21(25(26,27)28)18-12-6-5-7-13-18/h5-7,10-14,21-22,29H,2-4,8-9,15-16H2,1H3,(H,30,31)/t21-,22?/m1/s1. The molecule has 2 atom stereocenters. The number of carbonyl (C=O) groups excluding carboxylic acids is 1. The lowest BCUT2D eigenvalue weighted by Gasteiger charge is -2.37. The van der Waals surface area contributed by atoms with E-state index in [1.54, 1.807) is 18.2 Å². The number of nitrogens with one attached hydrogen (secondary N) is 2. The van der Waals surface area contributed by atoms with Gasteiger partial charge in [-0.05, 0) is 36.5 Å². The summed E-state index contributed by atoms with van der Waals surface area (Å²) in [5.41, 5.74) is 2.58. The molecule has 2 aromatic carbocycles. The third-order valence-electron chi connectivity index (χ3n) is 6.91. The van der Waals surface area contributed by atoms with E-state index in [1.807, 2.05) is 25.1 Å². The Morgan fingerprint density at radius 3 is 2.29 bits per heavy atom. The highest BCUT2D eigenvalue weighted by Crippen LogP contribution is 2.50.